The molecule has 1 aromatic heterocycles. The Labute approximate surface area is 99.2 Å². The van der Waals surface area contributed by atoms with Crippen molar-refractivity contribution in [2.45, 2.75) is 13.8 Å². The summed E-state index contributed by atoms with van der Waals surface area (Å²) in [6.45, 7) is 4.03. The molecule has 0 saturated heterocycles. The van der Waals surface area contributed by atoms with Crippen molar-refractivity contribution in [3.63, 3.8) is 0 Å². The fourth-order valence-corrected chi connectivity index (χ4v) is 1.68. The fraction of sp³-hybridized carbons (Fsp3) is 0.231. The highest BCUT2D eigenvalue weighted by Crippen LogP contribution is 2.26. The van der Waals surface area contributed by atoms with Crippen molar-refractivity contribution in [2.24, 2.45) is 0 Å². The maximum absolute atomic E-state index is 11.8. The highest BCUT2D eigenvalue weighted by molar-refractivity contribution is 5.96. The van der Waals surface area contributed by atoms with E-state index in [9.17, 15) is 4.79 Å². The Balaban J connectivity index is 2.53. The molecule has 0 atom stereocenters. The summed E-state index contributed by atoms with van der Waals surface area (Å²) in [5, 5.41) is 0. The Kier molecular flexibility index (Phi) is 3.23. The van der Waals surface area contributed by atoms with Crippen molar-refractivity contribution in [2.75, 3.05) is 6.61 Å². The third kappa shape index (κ3) is 2.20. The third-order valence-corrected chi connectivity index (χ3v) is 2.41. The standard InChI is InChI=1S/C13H13NO3/c1-3-16-13(15)10-6-4-5-9(2)11(10)12-14-7-8-17-12/h4-8H,3H2,1-2H3. The molecule has 0 aliphatic heterocycles. The van der Waals surface area contributed by atoms with E-state index >= 15 is 0 Å². The molecule has 0 spiro atoms. The van der Waals surface area contributed by atoms with Gasteiger partial charge in [0, 0.05) is 0 Å². The van der Waals surface area contributed by atoms with Crippen molar-refractivity contribution in [3.8, 4) is 11.5 Å². The van der Waals surface area contributed by atoms with Crippen molar-refractivity contribution in [3.05, 3.63) is 41.8 Å². The maximum Gasteiger partial charge on any atom is 0.338 e. The Bertz CT molecular complexity index is 517. The van der Waals surface area contributed by atoms with E-state index < -0.39 is 0 Å². The molecule has 0 N–H and O–H groups in total. The molecule has 4 nitrogen and oxygen atoms in total. The first-order valence-corrected chi connectivity index (χ1v) is 5.40. The molecule has 0 unspecified atom stereocenters. The first kappa shape index (κ1) is 11.4. The number of rotatable bonds is 3. The highest BCUT2D eigenvalue weighted by Gasteiger charge is 2.18. The van der Waals surface area contributed by atoms with Crippen LogP contribution >= 0.6 is 0 Å². The summed E-state index contributed by atoms with van der Waals surface area (Å²) in [6.07, 6.45) is 3.04. The SMILES string of the molecule is CCOC(=O)c1cccc(C)c1-c1ncco1. The van der Waals surface area contributed by atoms with E-state index in [1.54, 1.807) is 19.2 Å². The lowest BCUT2D eigenvalue weighted by molar-refractivity contribution is 0.0527. The van der Waals surface area contributed by atoms with Crippen LogP contribution in [0.25, 0.3) is 11.5 Å². The predicted molar refractivity (Wildman–Crippen MR) is 62.6 cm³/mol. The summed E-state index contributed by atoms with van der Waals surface area (Å²) in [5.41, 5.74) is 2.10. The third-order valence-electron chi connectivity index (χ3n) is 2.41. The van der Waals surface area contributed by atoms with Crippen LogP contribution < -0.4 is 0 Å². The van der Waals surface area contributed by atoms with Crippen molar-refractivity contribution in [1.29, 1.82) is 0 Å². The lowest BCUT2D eigenvalue weighted by Gasteiger charge is -2.08. The first-order valence-electron chi connectivity index (χ1n) is 5.40. The van der Waals surface area contributed by atoms with Gasteiger partial charge in [-0.1, -0.05) is 12.1 Å². The van der Waals surface area contributed by atoms with Gasteiger partial charge in [-0.05, 0) is 25.5 Å². The average molecular weight is 231 g/mol. The molecule has 17 heavy (non-hydrogen) atoms. The van der Waals surface area contributed by atoms with Gasteiger partial charge in [-0.25, -0.2) is 9.78 Å². The van der Waals surface area contributed by atoms with Crippen LogP contribution in [0.1, 0.15) is 22.8 Å². The monoisotopic (exact) mass is 231 g/mol. The molecule has 4 heteroatoms. The van der Waals surface area contributed by atoms with Gasteiger partial charge < -0.3 is 9.15 Å². The van der Waals surface area contributed by atoms with E-state index in [1.165, 1.54) is 6.26 Å². The van der Waals surface area contributed by atoms with Crippen molar-refractivity contribution >= 4 is 5.97 Å². The molecule has 0 radical (unpaired) electrons. The van der Waals surface area contributed by atoms with E-state index in [2.05, 4.69) is 4.98 Å². The van der Waals surface area contributed by atoms with Gasteiger partial charge in [-0.2, -0.15) is 0 Å². The quantitative estimate of drug-likeness (QED) is 0.762. The van der Waals surface area contributed by atoms with Crippen molar-refractivity contribution in [1.82, 2.24) is 4.98 Å². The summed E-state index contributed by atoms with van der Waals surface area (Å²) in [4.78, 5) is 15.9. The second kappa shape index (κ2) is 4.82. The van der Waals surface area contributed by atoms with Crippen LogP contribution in [0, 0.1) is 6.92 Å². The average Bonchev–Trinajstić information content (AvgIpc) is 2.82. The lowest BCUT2D eigenvalue weighted by Crippen LogP contribution is -2.07. The van der Waals surface area contributed by atoms with Gasteiger partial charge >= 0.3 is 5.97 Å². The van der Waals surface area contributed by atoms with Crippen molar-refractivity contribution < 1.29 is 13.9 Å². The van der Waals surface area contributed by atoms with E-state index in [-0.39, 0.29) is 5.97 Å². The Morgan fingerprint density at radius 3 is 2.94 bits per heavy atom. The molecule has 0 amide bonds. The maximum atomic E-state index is 11.8. The van der Waals surface area contributed by atoms with Crippen LogP contribution in [0.5, 0.6) is 0 Å². The summed E-state index contributed by atoms with van der Waals surface area (Å²) in [6, 6.07) is 5.43. The van der Waals surface area contributed by atoms with E-state index in [4.69, 9.17) is 9.15 Å². The predicted octanol–water partition coefficient (Wildman–Crippen LogP) is 2.83. The first-order chi connectivity index (χ1) is 8.24. The second-order valence-corrected chi connectivity index (χ2v) is 3.56. The molecule has 0 saturated carbocycles. The van der Waals surface area contributed by atoms with E-state index in [0.717, 1.165) is 5.56 Å². The number of aryl methyl sites for hydroxylation is 1. The minimum atomic E-state index is -0.357. The van der Waals surface area contributed by atoms with E-state index in [0.29, 0.717) is 23.6 Å². The van der Waals surface area contributed by atoms with Gasteiger partial charge in [0.1, 0.15) is 6.26 Å². The van der Waals surface area contributed by atoms with Gasteiger partial charge in [-0.3, -0.25) is 0 Å². The zero-order chi connectivity index (χ0) is 12.3. The van der Waals surface area contributed by atoms with E-state index in [1.807, 2.05) is 19.1 Å². The Morgan fingerprint density at radius 2 is 2.29 bits per heavy atom. The molecular weight excluding hydrogens is 218 g/mol. The topological polar surface area (TPSA) is 52.3 Å². The van der Waals surface area contributed by atoms with Crippen LogP contribution in [0.4, 0.5) is 0 Å². The summed E-state index contributed by atoms with van der Waals surface area (Å²) < 4.78 is 10.3. The number of aromatic nitrogens is 1. The molecular formula is C13H13NO3. The molecule has 0 fully saturated rings. The number of carbonyl (C=O) groups is 1. The van der Waals surface area contributed by atoms with Gasteiger partial charge in [-0.15, -0.1) is 0 Å². The van der Waals surface area contributed by atoms with Gasteiger partial charge in [0.25, 0.3) is 0 Å². The van der Waals surface area contributed by atoms with Crippen LogP contribution in [0.2, 0.25) is 0 Å². The number of carbonyl (C=O) groups excluding carboxylic acids is 1. The lowest BCUT2D eigenvalue weighted by atomic mass is 10.0. The minimum Gasteiger partial charge on any atom is -0.462 e. The smallest absolute Gasteiger partial charge is 0.338 e. The summed E-state index contributed by atoms with van der Waals surface area (Å²) in [7, 11) is 0. The Hall–Kier alpha value is -2.10. The molecule has 2 aromatic rings. The number of benzene rings is 1. The van der Waals surface area contributed by atoms with Crippen LogP contribution in [-0.2, 0) is 4.74 Å². The molecule has 88 valence electrons. The second-order valence-electron chi connectivity index (χ2n) is 3.56. The molecule has 0 aliphatic rings. The van der Waals surface area contributed by atoms with Crippen LogP contribution in [-0.4, -0.2) is 17.6 Å². The molecule has 1 aromatic carbocycles. The summed E-state index contributed by atoms with van der Waals surface area (Å²) >= 11 is 0. The number of oxazole rings is 1. The largest absolute Gasteiger partial charge is 0.462 e. The number of hydrogen-bond donors (Lipinski definition) is 0. The van der Waals surface area contributed by atoms with Gasteiger partial charge in [0.2, 0.25) is 5.89 Å². The number of nitrogens with zero attached hydrogens (tertiary/aromatic N) is 1. The normalized spacial score (nSPS) is 10.2. The molecule has 0 bridgehead atoms. The Morgan fingerprint density at radius 1 is 1.47 bits per heavy atom. The highest BCUT2D eigenvalue weighted by atomic mass is 16.5. The number of hydrogen-bond acceptors (Lipinski definition) is 4. The number of esters is 1. The zero-order valence-electron chi connectivity index (χ0n) is 9.77. The minimum absolute atomic E-state index is 0.345. The molecule has 1 heterocycles. The fourth-order valence-electron chi connectivity index (χ4n) is 1.68. The number of ether oxygens (including phenoxy) is 1. The zero-order valence-corrected chi connectivity index (χ0v) is 9.77. The van der Waals surface area contributed by atoms with Crippen LogP contribution in [0.3, 0.4) is 0 Å². The van der Waals surface area contributed by atoms with Gasteiger partial charge in [0.05, 0.1) is 23.9 Å². The summed E-state index contributed by atoms with van der Waals surface area (Å²) in [5.74, 6) is 0.0792. The van der Waals surface area contributed by atoms with Gasteiger partial charge in [0.15, 0.2) is 0 Å². The molecule has 2 rings (SSSR count). The van der Waals surface area contributed by atoms with Crippen LogP contribution in [0.15, 0.2) is 35.1 Å². The molecule has 0 aliphatic carbocycles.